The van der Waals surface area contributed by atoms with Gasteiger partial charge in [-0.2, -0.15) is 13.2 Å². The summed E-state index contributed by atoms with van der Waals surface area (Å²) in [5.41, 5.74) is 3.23. The van der Waals surface area contributed by atoms with Crippen LogP contribution in [0, 0.1) is 6.92 Å². The number of piperidine rings is 1. The average Bonchev–Trinajstić information content (AvgIpc) is 2.98. The number of halogens is 3. The lowest BCUT2D eigenvalue weighted by Gasteiger charge is -2.32. The first kappa shape index (κ1) is 30.0. The molecule has 5 rings (SSSR count). The van der Waals surface area contributed by atoms with Gasteiger partial charge < -0.3 is 9.64 Å². The minimum atomic E-state index is -4.62. The van der Waals surface area contributed by atoms with E-state index in [1.165, 1.54) is 0 Å². The number of amides is 1. The summed E-state index contributed by atoms with van der Waals surface area (Å²) in [5, 5.41) is 0. The SMILES string of the molecule is Cc1ccc(C(=O)N2CCC(c3ccc(Oc4cnc(C(F)(F)F)nc4)cc3)CC2)cc1NS(=O)(=O)Cc1ccccc1. The molecule has 12 heteroatoms. The number of anilines is 1. The number of aromatic nitrogens is 2. The lowest BCUT2D eigenvalue weighted by atomic mass is 9.89. The first-order chi connectivity index (χ1) is 20.5. The second-order valence-electron chi connectivity index (χ2n) is 10.4. The van der Waals surface area contributed by atoms with Crippen LogP contribution in [0.2, 0.25) is 0 Å². The molecule has 8 nitrogen and oxygen atoms in total. The van der Waals surface area contributed by atoms with Crippen molar-refractivity contribution in [3.05, 3.63) is 113 Å². The standard InChI is InChI=1S/C31H29F3N4O4S/c1-21-7-8-25(17-28(21)37-43(40,41)20-22-5-3-2-4-6-22)29(39)38-15-13-24(14-16-38)23-9-11-26(12-10-23)42-27-18-35-30(36-19-27)31(32,33)34/h2-12,17-19,24,37H,13-16,20H2,1H3. The van der Waals surface area contributed by atoms with E-state index in [9.17, 15) is 26.4 Å². The Hall–Kier alpha value is -4.45. The van der Waals surface area contributed by atoms with E-state index < -0.39 is 22.0 Å². The van der Waals surface area contributed by atoms with Crippen molar-refractivity contribution < 1.29 is 31.1 Å². The highest BCUT2D eigenvalue weighted by Gasteiger charge is 2.34. The normalized spacial score (nSPS) is 14.4. The summed E-state index contributed by atoms with van der Waals surface area (Å²) >= 11 is 0. The van der Waals surface area contributed by atoms with E-state index in [1.54, 1.807) is 66.4 Å². The van der Waals surface area contributed by atoms with Crippen molar-refractivity contribution in [1.29, 1.82) is 0 Å². The highest BCUT2D eigenvalue weighted by molar-refractivity contribution is 7.91. The Balaban J connectivity index is 1.17. The van der Waals surface area contributed by atoms with Crippen molar-refractivity contribution in [3.63, 3.8) is 0 Å². The van der Waals surface area contributed by atoms with Crippen molar-refractivity contribution in [2.24, 2.45) is 0 Å². The molecule has 4 aromatic rings. The summed E-state index contributed by atoms with van der Waals surface area (Å²) in [7, 11) is -3.67. The Bertz CT molecular complexity index is 1670. The van der Waals surface area contributed by atoms with Gasteiger partial charge in [-0.15, -0.1) is 0 Å². The van der Waals surface area contributed by atoms with Crippen molar-refractivity contribution in [2.45, 2.75) is 37.6 Å². The number of alkyl halides is 3. The molecule has 0 unspecified atom stereocenters. The number of hydrogen-bond donors (Lipinski definition) is 1. The van der Waals surface area contributed by atoms with E-state index in [0.717, 1.165) is 30.8 Å². The Morgan fingerprint density at radius 1 is 0.953 bits per heavy atom. The van der Waals surface area contributed by atoms with Gasteiger partial charge in [0.05, 0.1) is 23.8 Å². The number of benzene rings is 3. The van der Waals surface area contributed by atoms with Crippen LogP contribution in [0.4, 0.5) is 18.9 Å². The number of carbonyl (C=O) groups is 1. The fourth-order valence-corrected chi connectivity index (χ4v) is 6.18. The fraction of sp³-hybridized carbons (Fsp3) is 0.258. The molecule has 0 atom stereocenters. The predicted octanol–water partition coefficient (Wildman–Crippen LogP) is 6.56. The highest BCUT2D eigenvalue weighted by Crippen LogP contribution is 2.32. The number of nitrogens with one attached hydrogen (secondary N) is 1. The summed E-state index contributed by atoms with van der Waals surface area (Å²) in [5.74, 6) is -0.818. The van der Waals surface area contributed by atoms with Crippen LogP contribution in [0.3, 0.4) is 0 Å². The molecule has 224 valence electrons. The molecule has 43 heavy (non-hydrogen) atoms. The summed E-state index contributed by atoms with van der Waals surface area (Å²) in [6.45, 7) is 2.86. The molecule has 1 aromatic heterocycles. The van der Waals surface area contributed by atoms with Gasteiger partial charge in [0.1, 0.15) is 5.75 Å². The molecule has 0 bridgehead atoms. The van der Waals surface area contributed by atoms with Crippen LogP contribution in [-0.2, 0) is 22.0 Å². The summed E-state index contributed by atoms with van der Waals surface area (Å²) in [6, 6.07) is 21.2. The third kappa shape index (κ3) is 7.69. The largest absolute Gasteiger partial charge is 0.454 e. The topological polar surface area (TPSA) is 101 Å². The zero-order chi connectivity index (χ0) is 30.6. The number of aryl methyl sites for hydroxylation is 1. The van der Waals surface area contributed by atoms with Gasteiger partial charge in [-0.25, -0.2) is 18.4 Å². The van der Waals surface area contributed by atoms with Crippen LogP contribution in [-0.4, -0.2) is 42.3 Å². The molecule has 1 N–H and O–H groups in total. The molecule has 0 aliphatic carbocycles. The van der Waals surface area contributed by atoms with E-state index >= 15 is 0 Å². The Labute approximate surface area is 247 Å². The molecule has 0 saturated carbocycles. The monoisotopic (exact) mass is 610 g/mol. The molecular weight excluding hydrogens is 581 g/mol. The number of nitrogens with zero attached hydrogens (tertiary/aromatic N) is 3. The van der Waals surface area contributed by atoms with Crippen LogP contribution in [0.25, 0.3) is 0 Å². The number of rotatable bonds is 8. The zero-order valence-corrected chi connectivity index (χ0v) is 24.0. The predicted molar refractivity (Wildman–Crippen MR) is 155 cm³/mol. The minimum absolute atomic E-state index is 0.0934. The van der Waals surface area contributed by atoms with Crippen LogP contribution >= 0.6 is 0 Å². The lowest BCUT2D eigenvalue weighted by molar-refractivity contribution is -0.145. The quantitative estimate of drug-likeness (QED) is 0.243. The van der Waals surface area contributed by atoms with E-state index in [0.29, 0.717) is 41.2 Å². The number of sulfonamides is 1. The summed E-state index contributed by atoms with van der Waals surface area (Å²) in [4.78, 5) is 21.7. The maximum atomic E-state index is 13.3. The number of carbonyl (C=O) groups excluding carboxylic acids is 1. The molecule has 1 saturated heterocycles. The second kappa shape index (κ2) is 12.4. The molecular formula is C31H29F3N4O4S. The minimum Gasteiger partial charge on any atom is -0.454 e. The van der Waals surface area contributed by atoms with Crippen LogP contribution in [0.1, 0.15) is 51.6 Å². The Morgan fingerprint density at radius 2 is 1.60 bits per heavy atom. The molecule has 3 aromatic carbocycles. The van der Waals surface area contributed by atoms with E-state index in [2.05, 4.69) is 14.7 Å². The van der Waals surface area contributed by atoms with Crippen molar-refractivity contribution in [1.82, 2.24) is 14.9 Å². The van der Waals surface area contributed by atoms with E-state index in [4.69, 9.17) is 4.74 Å². The molecule has 1 fully saturated rings. The molecule has 2 heterocycles. The average molecular weight is 611 g/mol. The number of ether oxygens (including phenoxy) is 1. The third-order valence-electron chi connectivity index (χ3n) is 7.20. The molecule has 1 aliphatic heterocycles. The Morgan fingerprint density at radius 3 is 2.23 bits per heavy atom. The van der Waals surface area contributed by atoms with Gasteiger partial charge in [-0.05, 0) is 66.6 Å². The van der Waals surface area contributed by atoms with Crippen molar-refractivity contribution in [3.8, 4) is 11.5 Å². The van der Waals surface area contributed by atoms with Gasteiger partial charge in [0.2, 0.25) is 15.8 Å². The van der Waals surface area contributed by atoms with Crippen LogP contribution < -0.4 is 9.46 Å². The number of hydrogen-bond acceptors (Lipinski definition) is 6. The van der Waals surface area contributed by atoms with E-state index in [1.807, 2.05) is 18.2 Å². The van der Waals surface area contributed by atoms with Gasteiger partial charge in [0, 0.05) is 18.7 Å². The van der Waals surface area contributed by atoms with Crippen LogP contribution in [0.5, 0.6) is 11.5 Å². The van der Waals surface area contributed by atoms with Gasteiger partial charge >= 0.3 is 6.18 Å². The second-order valence-corrected chi connectivity index (χ2v) is 12.1. The first-order valence-corrected chi connectivity index (χ1v) is 15.2. The lowest BCUT2D eigenvalue weighted by Crippen LogP contribution is -2.38. The van der Waals surface area contributed by atoms with Gasteiger partial charge in [-0.1, -0.05) is 48.5 Å². The Kier molecular flexibility index (Phi) is 8.67. The maximum absolute atomic E-state index is 13.3. The van der Waals surface area contributed by atoms with Crippen molar-refractivity contribution in [2.75, 3.05) is 17.8 Å². The smallest absolute Gasteiger partial charge is 0.451 e. The number of likely N-dealkylation sites (tertiary alicyclic amines) is 1. The van der Waals surface area contributed by atoms with E-state index in [-0.39, 0.29) is 23.3 Å². The molecule has 0 radical (unpaired) electrons. The highest BCUT2D eigenvalue weighted by atomic mass is 32.2. The van der Waals surface area contributed by atoms with Crippen LogP contribution in [0.15, 0.2) is 85.2 Å². The maximum Gasteiger partial charge on any atom is 0.451 e. The molecule has 1 aliphatic rings. The summed E-state index contributed by atoms with van der Waals surface area (Å²) < 4.78 is 71.7. The van der Waals surface area contributed by atoms with Gasteiger partial charge in [-0.3, -0.25) is 9.52 Å². The van der Waals surface area contributed by atoms with Gasteiger partial charge in [0.15, 0.2) is 5.75 Å². The summed E-state index contributed by atoms with van der Waals surface area (Å²) in [6.07, 6.45) is -1.19. The first-order valence-electron chi connectivity index (χ1n) is 13.6. The zero-order valence-electron chi connectivity index (χ0n) is 23.2. The fourth-order valence-electron chi connectivity index (χ4n) is 4.92. The molecule has 1 amide bonds. The van der Waals surface area contributed by atoms with Crippen molar-refractivity contribution >= 4 is 21.6 Å². The van der Waals surface area contributed by atoms with Gasteiger partial charge in [0.25, 0.3) is 5.91 Å². The molecule has 0 spiro atoms. The third-order valence-corrected chi connectivity index (χ3v) is 8.44.